The Balaban J connectivity index is 1.64. The average molecular weight is 357 g/mol. The zero-order chi connectivity index (χ0) is 18.4. The van der Waals surface area contributed by atoms with Crippen LogP contribution in [0.3, 0.4) is 0 Å². The first-order chi connectivity index (χ1) is 12.7. The van der Waals surface area contributed by atoms with Gasteiger partial charge < -0.3 is 10.1 Å². The summed E-state index contributed by atoms with van der Waals surface area (Å²) >= 11 is 0. The van der Waals surface area contributed by atoms with Crippen LogP contribution in [0.1, 0.15) is 26.2 Å². The van der Waals surface area contributed by atoms with E-state index in [1.54, 1.807) is 28.8 Å². The topological polar surface area (TPSA) is 81.4 Å². The lowest BCUT2D eigenvalue weighted by molar-refractivity contribution is -0.121. The first-order valence-electron chi connectivity index (χ1n) is 8.55. The van der Waals surface area contributed by atoms with Gasteiger partial charge in [-0.05, 0) is 36.8 Å². The predicted molar refractivity (Wildman–Crippen MR) is 94.2 cm³/mol. The molecule has 0 atom stereocenters. The zero-order valence-electron chi connectivity index (χ0n) is 14.5. The SMILES string of the molecule is CCCCC(=O)NCCOc1ccc2nnc(-c3ccc(F)cc3)n2n1. The van der Waals surface area contributed by atoms with Crippen molar-refractivity contribution in [1.82, 2.24) is 25.1 Å². The molecule has 0 unspecified atom stereocenters. The standard InChI is InChI=1S/C18H20FN5O2/c1-2-3-4-16(25)20-11-12-26-17-10-9-15-21-22-18(24(15)23-17)13-5-7-14(19)8-6-13/h5-10H,2-4,11-12H2,1H3,(H,20,25). The van der Waals surface area contributed by atoms with Crippen molar-refractivity contribution in [3.05, 3.63) is 42.2 Å². The maximum atomic E-state index is 13.1. The number of rotatable bonds is 8. The molecule has 0 saturated heterocycles. The fourth-order valence-electron chi connectivity index (χ4n) is 2.40. The van der Waals surface area contributed by atoms with E-state index in [9.17, 15) is 9.18 Å². The predicted octanol–water partition coefficient (Wildman–Crippen LogP) is 2.62. The van der Waals surface area contributed by atoms with Crippen LogP contribution in [-0.4, -0.2) is 38.9 Å². The van der Waals surface area contributed by atoms with Crippen molar-refractivity contribution in [2.75, 3.05) is 13.2 Å². The van der Waals surface area contributed by atoms with Gasteiger partial charge in [0.05, 0.1) is 6.54 Å². The average Bonchev–Trinajstić information content (AvgIpc) is 3.07. The Morgan fingerprint density at radius 2 is 2.00 bits per heavy atom. The number of aromatic nitrogens is 4. The number of fused-ring (bicyclic) bond motifs is 1. The van der Waals surface area contributed by atoms with Crippen LogP contribution >= 0.6 is 0 Å². The number of halogens is 1. The second kappa shape index (κ2) is 8.37. The van der Waals surface area contributed by atoms with Gasteiger partial charge in [0, 0.05) is 18.1 Å². The second-order valence-electron chi connectivity index (χ2n) is 5.77. The van der Waals surface area contributed by atoms with Crippen molar-refractivity contribution < 1.29 is 13.9 Å². The summed E-state index contributed by atoms with van der Waals surface area (Å²) in [6.45, 7) is 2.77. The van der Waals surface area contributed by atoms with Crippen LogP contribution in [0.2, 0.25) is 0 Å². The number of unbranched alkanes of at least 4 members (excludes halogenated alkanes) is 1. The third-order valence-electron chi connectivity index (χ3n) is 3.77. The summed E-state index contributed by atoms with van der Waals surface area (Å²) in [5, 5.41) is 15.3. The molecule has 0 spiro atoms. The lowest BCUT2D eigenvalue weighted by Gasteiger charge is -2.07. The number of nitrogens with zero attached hydrogens (tertiary/aromatic N) is 4. The minimum atomic E-state index is -0.319. The summed E-state index contributed by atoms with van der Waals surface area (Å²) < 4.78 is 20.2. The number of hydrogen-bond donors (Lipinski definition) is 1. The number of amides is 1. The van der Waals surface area contributed by atoms with E-state index in [1.807, 2.05) is 6.92 Å². The molecule has 8 heteroatoms. The van der Waals surface area contributed by atoms with Crippen LogP contribution in [0.4, 0.5) is 4.39 Å². The summed E-state index contributed by atoms with van der Waals surface area (Å²) in [6.07, 6.45) is 2.40. The fraction of sp³-hybridized carbons (Fsp3) is 0.333. The molecule has 3 rings (SSSR count). The summed E-state index contributed by atoms with van der Waals surface area (Å²) in [4.78, 5) is 11.5. The minimum Gasteiger partial charge on any atom is -0.475 e. The van der Waals surface area contributed by atoms with Gasteiger partial charge in [0.2, 0.25) is 11.8 Å². The molecule has 0 aliphatic carbocycles. The van der Waals surface area contributed by atoms with E-state index in [-0.39, 0.29) is 11.7 Å². The number of carbonyl (C=O) groups is 1. The fourth-order valence-corrected chi connectivity index (χ4v) is 2.40. The van der Waals surface area contributed by atoms with E-state index in [1.165, 1.54) is 12.1 Å². The van der Waals surface area contributed by atoms with Crippen LogP contribution in [0.25, 0.3) is 17.0 Å². The Morgan fingerprint density at radius 3 is 2.77 bits per heavy atom. The van der Waals surface area contributed by atoms with Gasteiger partial charge >= 0.3 is 0 Å². The summed E-state index contributed by atoms with van der Waals surface area (Å²) in [6, 6.07) is 9.38. The summed E-state index contributed by atoms with van der Waals surface area (Å²) in [7, 11) is 0. The van der Waals surface area contributed by atoms with Crippen molar-refractivity contribution in [3.63, 3.8) is 0 Å². The van der Waals surface area contributed by atoms with E-state index in [0.717, 1.165) is 12.8 Å². The van der Waals surface area contributed by atoms with Gasteiger partial charge in [0.1, 0.15) is 12.4 Å². The van der Waals surface area contributed by atoms with Crippen molar-refractivity contribution in [2.45, 2.75) is 26.2 Å². The van der Waals surface area contributed by atoms with E-state index >= 15 is 0 Å². The zero-order valence-corrected chi connectivity index (χ0v) is 14.5. The maximum Gasteiger partial charge on any atom is 0.231 e. The van der Waals surface area contributed by atoms with Gasteiger partial charge in [-0.1, -0.05) is 13.3 Å². The van der Waals surface area contributed by atoms with Crippen molar-refractivity contribution >= 4 is 11.6 Å². The molecular weight excluding hydrogens is 337 g/mol. The third kappa shape index (κ3) is 4.33. The van der Waals surface area contributed by atoms with E-state index in [2.05, 4.69) is 20.6 Å². The normalized spacial score (nSPS) is 10.8. The monoisotopic (exact) mass is 357 g/mol. The van der Waals surface area contributed by atoms with Gasteiger partial charge in [0.15, 0.2) is 11.5 Å². The third-order valence-corrected chi connectivity index (χ3v) is 3.77. The number of carbonyl (C=O) groups excluding carboxylic acids is 1. The molecule has 2 aromatic heterocycles. The van der Waals surface area contributed by atoms with Crippen molar-refractivity contribution in [3.8, 4) is 17.3 Å². The Hall–Kier alpha value is -3.03. The Morgan fingerprint density at radius 1 is 1.19 bits per heavy atom. The van der Waals surface area contributed by atoms with Gasteiger partial charge in [-0.2, -0.15) is 4.52 Å². The molecule has 7 nitrogen and oxygen atoms in total. The second-order valence-corrected chi connectivity index (χ2v) is 5.77. The van der Waals surface area contributed by atoms with Crippen LogP contribution < -0.4 is 10.1 Å². The van der Waals surface area contributed by atoms with Crippen molar-refractivity contribution in [2.24, 2.45) is 0 Å². The van der Waals surface area contributed by atoms with Crippen LogP contribution in [0.15, 0.2) is 36.4 Å². The molecule has 1 aromatic carbocycles. The number of nitrogens with one attached hydrogen (secondary N) is 1. The molecule has 0 fully saturated rings. The Labute approximate surface area is 150 Å². The van der Waals surface area contributed by atoms with E-state index in [4.69, 9.17) is 4.74 Å². The molecular formula is C18H20FN5O2. The van der Waals surface area contributed by atoms with Crippen molar-refractivity contribution in [1.29, 1.82) is 0 Å². The van der Waals surface area contributed by atoms with Crippen LogP contribution in [0.5, 0.6) is 5.88 Å². The van der Waals surface area contributed by atoms with Gasteiger partial charge in [-0.3, -0.25) is 4.79 Å². The van der Waals surface area contributed by atoms with E-state index < -0.39 is 0 Å². The van der Waals surface area contributed by atoms with Gasteiger partial charge in [-0.15, -0.1) is 15.3 Å². The van der Waals surface area contributed by atoms with Gasteiger partial charge in [-0.25, -0.2) is 4.39 Å². The van der Waals surface area contributed by atoms with Crippen LogP contribution in [0, 0.1) is 5.82 Å². The molecule has 0 aliphatic heterocycles. The molecule has 0 bridgehead atoms. The largest absolute Gasteiger partial charge is 0.475 e. The lowest BCUT2D eigenvalue weighted by atomic mass is 10.2. The minimum absolute atomic E-state index is 0.0243. The highest BCUT2D eigenvalue weighted by Gasteiger charge is 2.10. The molecule has 0 radical (unpaired) electrons. The molecule has 136 valence electrons. The number of benzene rings is 1. The molecule has 2 heterocycles. The van der Waals surface area contributed by atoms with Crippen LogP contribution in [-0.2, 0) is 4.79 Å². The summed E-state index contributed by atoms with van der Waals surface area (Å²) in [5.74, 6) is 0.596. The number of ether oxygens (including phenoxy) is 1. The smallest absolute Gasteiger partial charge is 0.231 e. The molecule has 0 saturated carbocycles. The molecule has 1 N–H and O–H groups in total. The first kappa shape index (κ1) is 17.8. The molecule has 1 amide bonds. The van der Waals surface area contributed by atoms with Gasteiger partial charge in [0.25, 0.3) is 0 Å². The Bertz CT molecular complexity index is 879. The highest BCUT2D eigenvalue weighted by atomic mass is 19.1. The quantitative estimate of drug-likeness (QED) is 0.627. The molecule has 3 aromatic rings. The highest BCUT2D eigenvalue weighted by Crippen LogP contribution is 2.19. The molecule has 0 aliphatic rings. The Kier molecular flexibility index (Phi) is 5.73. The van der Waals surface area contributed by atoms with E-state index in [0.29, 0.717) is 42.5 Å². The number of hydrogen-bond acceptors (Lipinski definition) is 5. The molecule has 26 heavy (non-hydrogen) atoms. The first-order valence-corrected chi connectivity index (χ1v) is 8.55. The summed E-state index contributed by atoms with van der Waals surface area (Å²) in [5.41, 5.74) is 1.26. The highest BCUT2D eigenvalue weighted by molar-refractivity contribution is 5.75. The maximum absolute atomic E-state index is 13.1. The lowest BCUT2D eigenvalue weighted by Crippen LogP contribution is -2.27.